The molecule has 3 aromatic rings. The van der Waals surface area contributed by atoms with E-state index in [9.17, 15) is 9.90 Å². The normalized spacial score (nSPS) is 32.8. The molecule has 0 amide bonds. The molecule has 6 heteroatoms. The van der Waals surface area contributed by atoms with Crippen LogP contribution in [0.5, 0.6) is 11.5 Å². The smallest absolute Gasteiger partial charge is 0.193 e. The SMILES string of the molecule is COc1ccc2c3c1OC1c4[nH]c5ccccc5c(=O)c4CC4(O)[C@@H](C2)N(CC2CC2)CC[C@]314. The number of pyridine rings is 1. The molecule has 34 heavy (non-hydrogen) atoms. The number of rotatable bonds is 3. The molecule has 0 radical (unpaired) electrons. The first kappa shape index (κ1) is 19.5. The minimum atomic E-state index is -1.07. The van der Waals surface area contributed by atoms with Crippen LogP contribution in [-0.2, 0) is 18.3 Å². The van der Waals surface area contributed by atoms with Crippen molar-refractivity contribution in [2.75, 3.05) is 20.2 Å². The number of piperidine rings is 1. The van der Waals surface area contributed by atoms with Crippen LogP contribution in [0.3, 0.4) is 0 Å². The van der Waals surface area contributed by atoms with Gasteiger partial charge < -0.3 is 19.6 Å². The molecule has 1 spiro atoms. The van der Waals surface area contributed by atoms with E-state index < -0.39 is 17.1 Å². The van der Waals surface area contributed by atoms with Crippen molar-refractivity contribution in [3.05, 3.63) is 69.0 Å². The van der Waals surface area contributed by atoms with E-state index in [-0.39, 0.29) is 11.5 Å². The summed E-state index contributed by atoms with van der Waals surface area (Å²) >= 11 is 0. The van der Waals surface area contributed by atoms with Gasteiger partial charge in [-0.05, 0) is 61.9 Å². The topological polar surface area (TPSA) is 74.8 Å². The molecule has 3 aliphatic carbocycles. The van der Waals surface area contributed by atoms with Crippen LogP contribution in [0.15, 0.2) is 41.2 Å². The Morgan fingerprint density at radius 3 is 2.91 bits per heavy atom. The lowest BCUT2D eigenvalue weighted by Crippen LogP contribution is -2.75. The van der Waals surface area contributed by atoms with E-state index in [1.165, 1.54) is 18.4 Å². The number of nitrogens with one attached hydrogen (secondary N) is 1. The summed E-state index contributed by atoms with van der Waals surface area (Å²) in [5.41, 5.74) is 3.03. The molecule has 4 atom stereocenters. The van der Waals surface area contributed by atoms with E-state index in [0.29, 0.717) is 23.1 Å². The maximum atomic E-state index is 13.7. The van der Waals surface area contributed by atoms with Crippen LogP contribution in [0.4, 0.5) is 0 Å². The number of likely N-dealkylation sites (tertiary alicyclic amines) is 1. The third kappa shape index (κ3) is 2.13. The zero-order valence-corrected chi connectivity index (χ0v) is 19.3. The number of fused-ring (bicyclic) bond motifs is 3. The first-order chi connectivity index (χ1) is 16.5. The molecular formula is C28H28N2O4. The van der Waals surface area contributed by atoms with Gasteiger partial charge in [0, 0.05) is 41.0 Å². The van der Waals surface area contributed by atoms with Crippen molar-refractivity contribution in [3.63, 3.8) is 0 Å². The van der Waals surface area contributed by atoms with Crippen LogP contribution >= 0.6 is 0 Å². The number of benzene rings is 2. The van der Waals surface area contributed by atoms with Crippen LogP contribution in [0.2, 0.25) is 0 Å². The molecule has 2 fully saturated rings. The van der Waals surface area contributed by atoms with E-state index in [1.54, 1.807) is 7.11 Å². The Morgan fingerprint density at radius 2 is 2.09 bits per heavy atom. The molecule has 2 N–H and O–H groups in total. The number of ether oxygens (including phenoxy) is 2. The number of nitrogens with zero attached hydrogens (tertiary/aromatic N) is 1. The van der Waals surface area contributed by atoms with Gasteiger partial charge in [-0.2, -0.15) is 0 Å². The number of aromatic amines is 1. The van der Waals surface area contributed by atoms with Gasteiger partial charge in [0.1, 0.15) is 0 Å². The molecule has 2 aromatic carbocycles. The fraction of sp³-hybridized carbons (Fsp3) is 0.464. The van der Waals surface area contributed by atoms with Crippen LogP contribution in [-0.4, -0.2) is 46.8 Å². The van der Waals surface area contributed by atoms with Crippen molar-refractivity contribution in [2.24, 2.45) is 5.92 Å². The molecule has 2 aliphatic heterocycles. The summed E-state index contributed by atoms with van der Waals surface area (Å²) in [6, 6.07) is 11.8. The minimum absolute atomic E-state index is 0.0109. The fourth-order valence-electron chi connectivity index (χ4n) is 7.78. The third-order valence-corrected chi connectivity index (χ3v) is 9.47. The zero-order chi connectivity index (χ0) is 22.8. The van der Waals surface area contributed by atoms with Gasteiger partial charge in [-0.1, -0.05) is 18.2 Å². The Labute approximate surface area is 197 Å². The lowest BCUT2D eigenvalue weighted by Gasteiger charge is -2.62. The molecule has 8 rings (SSSR count). The van der Waals surface area contributed by atoms with Gasteiger partial charge in [-0.3, -0.25) is 9.69 Å². The summed E-state index contributed by atoms with van der Waals surface area (Å²) in [4.78, 5) is 19.8. The molecule has 2 unspecified atom stereocenters. The zero-order valence-electron chi connectivity index (χ0n) is 19.3. The van der Waals surface area contributed by atoms with E-state index in [1.807, 2.05) is 30.3 Å². The van der Waals surface area contributed by atoms with Gasteiger partial charge >= 0.3 is 0 Å². The molecule has 6 nitrogen and oxygen atoms in total. The highest BCUT2D eigenvalue weighted by molar-refractivity contribution is 5.80. The standard InChI is InChI=1S/C28H28N2O4/c1-33-20-9-8-16-12-21-28(32)13-18-23(29-19-5-3-2-4-17(19)24(18)31)26-27(28,22(16)25(20)34-26)10-11-30(21)14-15-6-7-15/h2-5,8-9,15,21,26,32H,6-7,10-14H2,1H3,(H,29,31)/t21-,26?,27+,28?/m1/s1. The molecule has 174 valence electrons. The number of H-pyrrole nitrogens is 1. The summed E-state index contributed by atoms with van der Waals surface area (Å²) < 4.78 is 12.5. The number of para-hydroxylation sites is 1. The molecule has 1 saturated heterocycles. The minimum Gasteiger partial charge on any atom is -0.493 e. The second kappa shape index (κ2) is 6.23. The van der Waals surface area contributed by atoms with Crippen molar-refractivity contribution in [3.8, 4) is 11.5 Å². The Hall–Kier alpha value is -2.83. The summed E-state index contributed by atoms with van der Waals surface area (Å²) in [5, 5.41) is 13.5. The Bertz CT molecular complexity index is 1440. The summed E-state index contributed by atoms with van der Waals surface area (Å²) in [6.45, 7) is 1.97. The Morgan fingerprint density at radius 1 is 1.24 bits per heavy atom. The molecular weight excluding hydrogens is 428 g/mol. The Balaban J connectivity index is 1.43. The van der Waals surface area contributed by atoms with Gasteiger partial charge in [0.05, 0.1) is 23.8 Å². The monoisotopic (exact) mass is 456 g/mol. The average molecular weight is 457 g/mol. The van der Waals surface area contributed by atoms with Crippen molar-refractivity contribution >= 4 is 10.9 Å². The van der Waals surface area contributed by atoms with Crippen LogP contribution in [0.25, 0.3) is 10.9 Å². The van der Waals surface area contributed by atoms with Crippen molar-refractivity contribution < 1.29 is 14.6 Å². The lowest BCUT2D eigenvalue weighted by molar-refractivity contribution is -0.173. The van der Waals surface area contributed by atoms with Crippen LogP contribution < -0.4 is 14.9 Å². The Kier molecular flexibility index (Phi) is 3.57. The van der Waals surface area contributed by atoms with Gasteiger partial charge in [-0.15, -0.1) is 0 Å². The van der Waals surface area contributed by atoms with Gasteiger partial charge in [-0.25, -0.2) is 0 Å². The molecule has 1 saturated carbocycles. The number of methoxy groups -OCH3 is 1. The van der Waals surface area contributed by atoms with Crippen molar-refractivity contribution in [1.82, 2.24) is 9.88 Å². The number of hydrogen-bond acceptors (Lipinski definition) is 5. The van der Waals surface area contributed by atoms with Crippen LogP contribution in [0, 0.1) is 5.92 Å². The second-order valence-electron chi connectivity index (χ2n) is 11.0. The highest BCUT2D eigenvalue weighted by atomic mass is 16.5. The highest BCUT2D eigenvalue weighted by Gasteiger charge is 2.73. The quantitative estimate of drug-likeness (QED) is 0.633. The van der Waals surface area contributed by atoms with Gasteiger partial charge in [0.2, 0.25) is 0 Å². The summed E-state index contributed by atoms with van der Waals surface area (Å²) in [5.74, 6) is 2.19. The predicted molar refractivity (Wildman–Crippen MR) is 128 cm³/mol. The molecule has 5 aliphatic rings. The predicted octanol–water partition coefficient (Wildman–Crippen LogP) is 3.24. The number of aromatic nitrogens is 1. The number of hydrogen-bond donors (Lipinski definition) is 2. The molecule has 2 bridgehead atoms. The van der Waals surface area contributed by atoms with E-state index in [4.69, 9.17) is 9.47 Å². The van der Waals surface area contributed by atoms with Gasteiger partial charge in [0.25, 0.3) is 0 Å². The summed E-state index contributed by atoms with van der Waals surface area (Å²) in [7, 11) is 1.67. The van der Waals surface area contributed by atoms with Crippen LogP contribution in [0.1, 0.15) is 47.8 Å². The maximum Gasteiger partial charge on any atom is 0.193 e. The van der Waals surface area contributed by atoms with E-state index in [0.717, 1.165) is 54.4 Å². The largest absolute Gasteiger partial charge is 0.493 e. The lowest BCUT2D eigenvalue weighted by atomic mass is 9.49. The van der Waals surface area contributed by atoms with Gasteiger partial charge in [0.15, 0.2) is 23.0 Å². The first-order valence-corrected chi connectivity index (χ1v) is 12.5. The number of aliphatic hydroxyl groups is 1. The van der Waals surface area contributed by atoms with E-state index in [2.05, 4.69) is 16.0 Å². The molecule has 1 aromatic heterocycles. The first-order valence-electron chi connectivity index (χ1n) is 12.5. The third-order valence-electron chi connectivity index (χ3n) is 9.47. The summed E-state index contributed by atoms with van der Waals surface area (Å²) in [6.07, 6.45) is 4.06. The molecule has 3 heterocycles. The highest BCUT2D eigenvalue weighted by Crippen LogP contribution is 2.68. The average Bonchev–Trinajstić information content (AvgIpc) is 3.59. The fourth-order valence-corrected chi connectivity index (χ4v) is 7.78. The maximum absolute atomic E-state index is 13.7. The van der Waals surface area contributed by atoms with E-state index >= 15 is 0 Å². The van der Waals surface area contributed by atoms with Crippen molar-refractivity contribution in [2.45, 2.75) is 55.3 Å². The van der Waals surface area contributed by atoms with Crippen molar-refractivity contribution in [1.29, 1.82) is 0 Å². The second-order valence-corrected chi connectivity index (χ2v) is 11.0.